The first-order valence-electron chi connectivity index (χ1n) is 9.14. The number of hydrogen-bond donors (Lipinski definition) is 1. The van der Waals surface area contributed by atoms with E-state index in [1.54, 1.807) is 11.1 Å². The number of hydrogen-bond acceptors (Lipinski definition) is 4. The fourth-order valence-electron chi connectivity index (χ4n) is 2.64. The maximum atomic E-state index is 12.8. The van der Waals surface area contributed by atoms with Crippen molar-refractivity contribution < 1.29 is 9.59 Å². The molecule has 0 saturated heterocycles. The quantitative estimate of drug-likeness (QED) is 0.713. The number of anilines is 1. The lowest BCUT2D eigenvalue weighted by atomic mass is 10.1. The Morgan fingerprint density at radius 3 is 2.46 bits per heavy atom. The van der Waals surface area contributed by atoms with Crippen LogP contribution in [0.5, 0.6) is 0 Å². The largest absolute Gasteiger partial charge is 0.329 e. The van der Waals surface area contributed by atoms with Gasteiger partial charge in [-0.25, -0.2) is 4.98 Å². The third kappa shape index (κ3) is 5.95. The van der Waals surface area contributed by atoms with Gasteiger partial charge >= 0.3 is 0 Å². The molecule has 1 N–H and O–H groups in total. The molecule has 26 heavy (non-hydrogen) atoms. The number of thiazole rings is 1. The third-order valence-corrected chi connectivity index (χ3v) is 4.83. The molecular weight excluding hydrogens is 346 g/mol. The van der Waals surface area contributed by atoms with Crippen molar-refractivity contribution >= 4 is 28.3 Å². The van der Waals surface area contributed by atoms with Crippen LogP contribution in [-0.4, -0.2) is 34.8 Å². The zero-order valence-corrected chi connectivity index (χ0v) is 16.6. The van der Waals surface area contributed by atoms with Gasteiger partial charge < -0.3 is 10.2 Å². The Morgan fingerprint density at radius 2 is 1.88 bits per heavy atom. The second-order valence-corrected chi connectivity index (χ2v) is 7.59. The molecule has 5 nitrogen and oxygen atoms in total. The van der Waals surface area contributed by atoms with Crippen molar-refractivity contribution in [2.45, 2.75) is 46.5 Å². The summed E-state index contributed by atoms with van der Waals surface area (Å²) in [5.74, 6) is -0.333. The molecule has 1 heterocycles. The van der Waals surface area contributed by atoms with Gasteiger partial charge in [-0.05, 0) is 43.9 Å². The molecule has 140 valence electrons. The number of aromatic nitrogens is 1. The van der Waals surface area contributed by atoms with Crippen LogP contribution < -0.4 is 5.32 Å². The summed E-state index contributed by atoms with van der Waals surface area (Å²) in [6.07, 6.45) is 5.84. The molecule has 0 aliphatic carbocycles. The minimum Gasteiger partial charge on any atom is -0.329 e. The molecule has 0 saturated carbocycles. The van der Waals surface area contributed by atoms with Gasteiger partial charge in [-0.15, -0.1) is 11.3 Å². The molecule has 2 aromatic rings. The van der Waals surface area contributed by atoms with Crippen LogP contribution in [0.1, 0.15) is 53.9 Å². The predicted octanol–water partition coefficient (Wildman–Crippen LogP) is 4.29. The minimum absolute atomic E-state index is 0.0306. The van der Waals surface area contributed by atoms with E-state index < -0.39 is 0 Å². The lowest BCUT2D eigenvalue weighted by Gasteiger charge is -2.21. The number of benzene rings is 1. The van der Waals surface area contributed by atoms with Crippen LogP contribution in [0.25, 0.3) is 0 Å². The van der Waals surface area contributed by atoms with E-state index in [0.717, 1.165) is 30.6 Å². The number of carbonyl (C=O) groups is 2. The fraction of sp³-hybridized carbons (Fsp3) is 0.450. The maximum Gasteiger partial charge on any atom is 0.254 e. The first-order valence-corrected chi connectivity index (χ1v) is 9.95. The van der Waals surface area contributed by atoms with Crippen LogP contribution in [0.2, 0.25) is 0 Å². The van der Waals surface area contributed by atoms with Crippen molar-refractivity contribution in [2.75, 3.05) is 18.4 Å². The molecule has 0 fully saturated rings. The topological polar surface area (TPSA) is 62.3 Å². The summed E-state index contributed by atoms with van der Waals surface area (Å²) in [7, 11) is 0. The number of rotatable bonds is 9. The van der Waals surface area contributed by atoms with Crippen LogP contribution in [0.4, 0.5) is 5.13 Å². The summed E-state index contributed by atoms with van der Waals surface area (Å²) < 4.78 is 0. The van der Waals surface area contributed by atoms with E-state index >= 15 is 0 Å². The molecule has 2 rings (SSSR count). The van der Waals surface area contributed by atoms with Gasteiger partial charge in [0.25, 0.3) is 5.91 Å². The Labute approximate surface area is 159 Å². The van der Waals surface area contributed by atoms with Crippen LogP contribution in [0.3, 0.4) is 0 Å². The third-order valence-electron chi connectivity index (χ3n) is 4.00. The molecule has 0 atom stereocenters. The zero-order chi connectivity index (χ0) is 18.9. The Bertz CT molecular complexity index is 725. The Balaban J connectivity index is 2.00. The molecule has 2 amide bonds. The van der Waals surface area contributed by atoms with Crippen LogP contribution >= 0.6 is 11.3 Å². The number of aryl methyl sites for hydroxylation is 2. The number of nitrogens with zero attached hydrogens (tertiary/aromatic N) is 2. The van der Waals surface area contributed by atoms with Gasteiger partial charge in [-0.1, -0.05) is 32.4 Å². The lowest BCUT2D eigenvalue weighted by Crippen LogP contribution is -2.38. The van der Waals surface area contributed by atoms with E-state index in [4.69, 9.17) is 0 Å². The number of nitrogens with one attached hydrogen (secondary N) is 1. The minimum atomic E-state index is -0.222. The zero-order valence-electron chi connectivity index (χ0n) is 15.7. The van der Waals surface area contributed by atoms with E-state index in [0.29, 0.717) is 17.2 Å². The van der Waals surface area contributed by atoms with Crippen molar-refractivity contribution in [1.29, 1.82) is 0 Å². The van der Waals surface area contributed by atoms with Crippen molar-refractivity contribution in [3.63, 3.8) is 0 Å². The molecule has 0 aliphatic rings. The average Bonchev–Trinajstić information content (AvgIpc) is 3.04. The number of unbranched alkanes of at least 4 members (excludes halogenated alkanes) is 1. The van der Waals surface area contributed by atoms with Crippen molar-refractivity contribution in [3.05, 3.63) is 46.5 Å². The smallest absolute Gasteiger partial charge is 0.254 e. The SMILES string of the molecule is CCCCc1ccc(C(=O)N(CCC)CC(=O)Nc2ncc(C)s2)cc1. The fourth-order valence-corrected chi connectivity index (χ4v) is 3.33. The van der Waals surface area contributed by atoms with Crippen molar-refractivity contribution in [3.8, 4) is 0 Å². The van der Waals surface area contributed by atoms with Crippen molar-refractivity contribution in [2.24, 2.45) is 0 Å². The Hall–Kier alpha value is -2.21. The highest BCUT2D eigenvalue weighted by Crippen LogP contribution is 2.16. The highest BCUT2D eigenvalue weighted by molar-refractivity contribution is 7.15. The summed E-state index contributed by atoms with van der Waals surface area (Å²) in [5.41, 5.74) is 1.86. The van der Waals surface area contributed by atoms with Gasteiger partial charge in [0.1, 0.15) is 6.54 Å². The summed E-state index contributed by atoms with van der Waals surface area (Å²) in [6, 6.07) is 7.73. The standard InChI is InChI=1S/C20H27N3O2S/c1-4-6-7-16-8-10-17(11-9-16)19(25)23(12-5-2)14-18(24)22-20-21-13-15(3)26-20/h8-11,13H,4-7,12,14H2,1-3H3,(H,21,22,24). The summed E-state index contributed by atoms with van der Waals surface area (Å²) >= 11 is 1.42. The highest BCUT2D eigenvalue weighted by Gasteiger charge is 2.18. The van der Waals surface area contributed by atoms with Crippen molar-refractivity contribution in [1.82, 2.24) is 9.88 Å². The van der Waals surface area contributed by atoms with E-state index in [9.17, 15) is 9.59 Å². The lowest BCUT2D eigenvalue weighted by molar-refractivity contribution is -0.116. The van der Waals surface area contributed by atoms with Gasteiger partial charge in [0.15, 0.2) is 5.13 Å². The molecule has 0 radical (unpaired) electrons. The van der Waals surface area contributed by atoms with Gasteiger partial charge in [-0.3, -0.25) is 9.59 Å². The average molecular weight is 374 g/mol. The Kier molecular flexibility index (Phi) is 7.78. The van der Waals surface area contributed by atoms with Crippen LogP contribution in [-0.2, 0) is 11.2 Å². The predicted molar refractivity (Wildman–Crippen MR) is 107 cm³/mol. The molecule has 6 heteroatoms. The summed E-state index contributed by atoms with van der Waals surface area (Å²) in [5, 5.41) is 3.33. The first kappa shape index (κ1) is 20.1. The molecule has 1 aromatic carbocycles. The van der Waals surface area contributed by atoms with Crippen LogP contribution in [0.15, 0.2) is 30.5 Å². The molecule has 0 aliphatic heterocycles. The van der Waals surface area contributed by atoms with Crippen LogP contribution in [0, 0.1) is 6.92 Å². The van der Waals surface area contributed by atoms with Gasteiger partial charge in [0, 0.05) is 23.2 Å². The molecule has 0 spiro atoms. The first-order chi connectivity index (χ1) is 12.5. The molecule has 0 unspecified atom stereocenters. The highest BCUT2D eigenvalue weighted by atomic mass is 32.1. The van der Waals surface area contributed by atoms with E-state index in [-0.39, 0.29) is 18.4 Å². The second-order valence-electron chi connectivity index (χ2n) is 6.35. The Morgan fingerprint density at radius 1 is 1.15 bits per heavy atom. The second kappa shape index (κ2) is 10.1. The van der Waals surface area contributed by atoms with Gasteiger partial charge in [-0.2, -0.15) is 0 Å². The van der Waals surface area contributed by atoms with Gasteiger partial charge in [0.05, 0.1) is 0 Å². The summed E-state index contributed by atoms with van der Waals surface area (Å²) in [4.78, 5) is 31.8. The van der Waals surface area contributed by atoms with E-state index in [1.165, 1.54) is 16.9 Å². The molecule has 0 bridgehead atoms. The number of amides is 2. The van der Waals surface area contributed by atoms with Gasteiger partial charge in [0.2, 0.25) is 5.91 Å². The number of carbonyl (C=O) groups excluding carboxylic acids is 2. The molecule has 1 aromatic heterocycles. The maximum absolute atomic E-state index is 12.8. The monoisotopic (exact) mass is 373 g/mol. The van der Waals surface area contributed by atoms with E-state index in [1.807, 2.05) is 38.1 Å². The summed E-state index contributed by atoms with van der Waals surface area (Å²) in [6.45, 7) is 6.67. The normalized spacial score (nSPS) is 10.6. The van der Waals surface area contributed by atoms with E-state index in [2.05, 4.69) is 17.2 Å². The molecular formula is C20H27N3O2S.